The van der Waals surface area contributed by atoms with Gasteiger partial charge in [-0.15, -0.1) is 0 Å². The molecule has 0 bridgehead atoms. The van der Waals surface area contributed by atoms with Crippen molar-refractivity contribution in [3.63, 3.8) is 0 Å². The van der Waals surface area contributed by atoms with Crippen molar-refractivity contribution in [1.29, 1.82) is 0 Å². The fraction of sp³-hybridized carbons (Fsp3) is 0.875. The molecule has 0 radical (unpaired) electrons. The monoisotopic (exact) mass is 191 g/mol. The number of nitrogens with one attached hydrogen (secondary N) is 1. The van der Waals surface area contributed by atoms with E-state index in [0.717, 1.165) is 12.3 Å². The lowest BCUT2D eigenvalue weighted by Gasteiger charge is -2.10. The predicted octanol–water partition coefficient (Wildman–Crippen LogP) is 0.748. The summed E-state index contributed by atoms with van der Waals surface area (Å²) < 4.78 is 4.68. The first-order chi connectivity index (χ1) is 5.70. The van der Waals surface area contributed by atoms with Crippen molar-refractivity contribution in [1.82, 2.24) is 5.32 Å². The minimum absolute atomic E-state index is 0.0366. The summed E-state index contributed by atoms with van der Waals surface area (Å²) in [5.74, 6) is 1.57. The van der Waals surface area contributed by atoms with Gasteiger partial charge in [-0.3, -0.25) is 4.79 Å². The molecular formula is C8H17NO2S. The molecule has 0 saturated carbocycles. The Morgan fingerprint density at radius 1 is 1.67 bits per heavy atom. The predicted molar refractivity (Wildman–Crippen MR) is 52.4 cm³/mol. The number of hydrogen-bond acceptors (Lipinski definition) is 3. The van der Waals surface area contributed by atoms with Crippen molar-refractivity contribution >= 4 is 17.7 Å². The Morgan fingerprint density at radius 3 is 2.83 bits per heavy atom. The van der Waals surface area contributed by atoms with Crippen molar-refractivity contribution in [2.45, 2.75) is 6.92 Å². The Kier molecular flexibility index (Phi) is 7.29. The van der Waals surface area contributed by atoms with Crippen LogP contribution in [0, 0.1) is 5.92 Å². The van der Waals surface area contributed by atoms with Crippen LogP contribution in [0.15, 0.2) is 0 Å². The van der Waals surface area contributed by atoms with Gasteiger partial charge in [0.1, 0.15) is 6.61 Å². The Labute approximate surface area is 78.2 Å². The largest absolute Gasteiger partial charge is 0.375 e. The van der Waals surface area contributed by atoms with E-state index in [9.17, 15) is 4.79 Å². The molecule has 0 aliphatic carbocycles. The van der Waals surface area contributed by atoms with Crippen molar-refractivity contribution in [2.24, 2.45) is 5.92 Å². The van der Waals surface area contributed by atoms with E-state index in [1.54, 1.807) is 11.8 Å². The zero-order valence-corrected chi connectivity index (χ0v) is 8.74. The molecule has 0 saturated heterocycles. The quantitative estimate of drug-likeness (QED) is 0.673. The summed E-state index contributed by atoms with van der Waals surface area (Å²) in [6.07, 6.45) is 2.06. The van der Waals surface area contributed by atoms with Gasteiger partial charge in [-0.1, -0.05) is 6.92 Å². The second kappa shape index (κ2) is 7.43. The van der Waals surface area contributed by atoms with E-state index in [1.165, 1.54) is 7.11 Å². The topological polar surface area (TPSA) is 38.3 Å². The van der Waals surface area contributed by atoms with Crippen LogP contribution in [0.2, 0.25) is 0 Å². The van der Waals surface area contributed by atoms with Gasteiger partial charge in [-0.2, -0.15) is 11.8 Å². The minimum atomic E-state index is -0.0366. The van der Waals surface area contributed by atoms with Crippen LogP contribution >= 0.6 is 11.8 Å². The van der Waals surface area contributed by atoms with E-state index < -0.39 is 0 Å². The number of ether oxygens (including phenoxy) is 1. The first-order valence-electron chi connectivity index (χ1n) is 3.95. The zero-order valence-electron chi connectivity index (χ0n) is 7.92. The lowest BCUT2D eigenvalue weighted by Crippen LogP contribution is -2.31. The highest BCUT2D eigenvalue weighted by Crippen LogP contribution is 2.02. The van der Waals surface area contributed by atoms with Crippen molar-refractivity contribution < 1.29 is 9.53 Å². The number of rotatable bonds is 6. The molecule has 0 spiro atoms. The second-order valence-electron chi connectivity index (χ2n) is 2.80. The molecule has 0 aromatic carbocycles. The first kappa shape index (κ1) is 11.8. The lowest BCUT2D eigenvalue weighted by atomic mass is 10.2. The minimum Gasteiger partial charge on any atom is -0.375 e. The van der Waals surface area contributed by atoms with E-state index in [2.05, 4.69) is 23.2 Å². The highest BCUT2D eigenvalue weighted by molar-refractivity contribution is 7.98. The normalized spacial score (nSPS) is 12.6. The molecular weight excluding hydrogens is 174 g/mol. The molecule has 0 fully saturated rings. The smallest absolute Gasteiger partial charge is 0.245 e. The molecule has 0 heterocycles. The van der Waals surface area contributed by atoms with Gasteiger partial charge in [0.15, 0.2) is 0 Å². The summed E-state index contributed by atoms with van der Waals surface area (Å²) >= 11 is 1.79. The maximum absolute atomic E-state index is 10.9. The molecule has 3 nitrogen and oxygen atoms in total. The standard InChI is InChI=1S/C8H17NO2S/c1-7(6-12-3)4-9-8(10)5-11-2/h7H,4-6H2,1-3H3,(H,9,10). The Hall–Kier alpha value is -0.220. The average molecular weight is 191 g/mol. The Morgan fingerprint density at radius 2 is 2.33 bits per heavy atom. The van der Waals surface area contributed by atoms with Crippen molar-refractivity contribution in [2.75, 3.05) is 32.3 Å². The SMILES string of the molecule is COCC(=O)NCC(C)CSC. The van der Waals surface area contributed by atoms with E-state index in [-0.39, 0.29) is 12.5 Å². The van der Waals surface area contributed by atoms with Crippen LogP contribution < -0.4 is 5.32 Å². The highest BCUT2D eigenvalue weighted by Gasteiger charge is 2.03. The Bertz CT molecular complexity index is 130. The summed E-state index contributed by atoms with van der Waals surface area (Å²) in [4.78, 5) is 10.9. The maximum Gasteiger partial charge on any atom is 0.245 e. The van der Waals surface area contributed by atoms with E-state index >= 15 is 0 Å². The number of amides is 1. The van der Waals surface area contributed by atoms with Crippen LogP contribution in [0.25, 0.3) is 0 Å². The third-order valence-corrected chi connectivity index (χ3v) is 2.28. The lowest BCUT2D eigenvalue weighted by molar-refractivity contribution is -0.124. The molecule has 12 heavy (non-hydrogen) atoms. The van der Waals surface area contributed by atoms with E-state index in [0.29, 0.717) is 5.92 Å². The number of carbonyl (C=O) groups excluding carboxylic acids is 1. The molecule has 1 unspecified atom stereocenters. The van der Waals surface area contributed by atoms with Gasteiger partial charge < -0.3 is 10.1 Å². The summed E-state index contributed by atoms with van der Waals surface area (Å²) in [5, 5.41) is 2.79. The average Bonchev–Trinajstić information content (AvgIpc) is 2.02. The van der Waals surface area contributed by atoms with Gasteiger partial charge in [-0.05, 0) is 17.9 Å². The zero-order chi connectivity index (χ0) is 9.40. The fourth-order valence-corrected chi connectivity index (χ4v) is 1.50. The maximum atomic E-state index is 10.9. The van der Waals surface area contributed by atoms with Gasteiger partial charge in [0, 0.05) is 13.7 Å². The van der Waals surface area contributed by atoms with Crippen molar-refractivity contribution in [3.05, 3.63) is 0 Å². The Balaban J connectivity index is 3.33. The third kappa shape index (κ3) is 6.49. The van der Waals surface area contributed by atoms with Crippen LogP contribution in [0.5, 0.6) is 0 Å². The van der Waals surface area contributed by atoms with Gasteiger partial charge in [0.25, 0.3) is 0 Å². The number of carbonyl (C=O) groups is 1. The van der Waals surface area contributed by atoms with Crippen LogP contribution in [0.3, 0.4) is 0 Å². The summed E-state index contributed by atoms with van der Waals surface area (Å²) in [6, 6.07) is 0. The molecule has 0 aromatic heterocycles. The third-order valence-electron chi connectivity index (χ3n) is 1.37. The second-order valence-corrected chi connectivity index (χ2v) is 3.71. The van der Waals surface area contributed by atoms with Crippen molar-refractivity contribution in [3.8, 4) is 0 Å². The molecule has 72 valence electrons. The molecule has 1 N–H and O–H groups in total. The highest BCUT2D eigenvalue weighted by atomic mass is 32.2. The molecule has 4 heteroatoms. The summed E-state index contributed by atoms with van der Waals surface area (Å²) in [7, 11) is 1.52. The van der Waals surface area contributed by atoms with Crippen LogP contribution in [0.1, 0.15) is 6.92 Å². The molecule has 1 atom stereocenters. The molecule has 0 aliphatic rings. The number of methoxy groups -OCH3 is 1. The molecule has 0 aliphatic heterocycles. The summed E-state index contributed by atoms with van der Waals surface area (Å²) in [5.41, 5.74) is 0. The van der Waals surface area contributed by atoms with Gasteiger partial charge in [-0.25, -0.2) is 0 Å². The van der Waals surface area contributed by atoms with E-state index in [1.807, 2.05) is 0 Å². The van der Waals surface area contributed by atoms with E-state index in [4.69, 9.17) is 0 Å². The summed E-state index contributed by atoms with van der Waals surface area (Å²) in [6.45, 7) is 3.01. The van der Waals surface area contributed by atoms with Crippen LogP contribution in [-0.4, -0.2) is 38.2 Å². The van der Waals surface area contributed by atoms with Gasteiger partial charge in [0.2, 0.25) is 5.91 Å². The fourth-order valence-electron chi connectivity index (χ4n) is 0.814. The van der Waals surface area contributed by atoms with Gasteiger partial charge in [0.05, 0.1) is 0 Å². The van der Waals surface area contributed by atoms with Gasteiger partial charge >= 0.3 is 0 Å². The van der Waals surface area contributed by atoms with Crippen LogP contribution in [0.4, 0.5) is 0 Å². The first-order valence-corrected chi connectivity index (χ1v) is 5.34. The molecule has 0 rings (SSSR count). The number of hydrogen-bond donors (Lipinski definition) is 1. The molecule has 1 amide bonds. The van der Waals surface area contributed by atoms with Crippen LogP contribution in [-0.2, 0) is 9.53 Å². The molecule has 0 aromatic rings. The number of thioether (sulfide) groups is 1.